The number of aromatic nitrogens is 2. The Hall–Kier alpha value is -2.86. The second-order valence-electron chi connectivity index (χ2n) is 6.55. The second kappa shape index (κ2) is 8.89. The fraction of sp³-hybridized carbons (Fsp3) is 0.227. The molecule has 3 rings (SSSR count). The summed E-state index contributed by atoms with van der Waals surface area (Å²) >= 11 is 1.40. The quantitative estimate of drug-likeness (QED) is 0.481. The lowest BCUT2D eigenvalue weighted by Crippen LogP contribution is -2.15. The van der Waals surface area contributed by atoms with Crippen molar-refractivity contribution >= 4 is 23.4 Å². The normalized spacial score (nSPS) is 10.6. The second-order valence-corrected chi connectivity index (χ2v) is 7.55. The van der Waals surface area contributed by atoms with Crippen LogP contribution in [0.1, 0.15) is 16.8 Å². The average Bonchev–Trinajstić information content (AvgIpc) is 2.69. The van der Waals surface area contributed by atoms with Crippen molar-refractivity contribution in [2.45, 2.75) is 25.8 Å². The predicted octanol–water partition coefficient (Wildman–Crippen LogP) is 4.81. The monoisotopic (exact) mass is 393 g/mol. The molecule has 0 saturated carbocycles. The SMILES string of the molecule is COc1ccc(-c2nc(C)cc(SCC(=O)Nc3cc(C)ccc3C)n2)cc1. The first-order valence-electron chi connectivity index (χ1n) is 8.94. The van der Waals surface area contributed by atoms with Gasteiger partial charge in [-0.2, -0.15) is 0 Å². The Bertz CT molecular complexity index is 988. The number of carbonyl (C=O) groups is 1. The summed E-state index contributed by atoms with van der Waals surface area (Å²) in [5.41, 5.74) is 4.78. The van der Waals surface area contributed by atoms with Crippen molar-refractivity contribution in [3.63, 3.8) is 0 Å². The van der Waals surface area contributed by atoms with E-state index in [4.69, 9.17) is 4.74 Å². The molecule has 5 nitrogen and oxygen atoms in total. The maximum Gasteiger partial charge on any atom is 0.234 e. The molecule has 2 aromatic carbocycles. The number of amides is 1. The lowest BCUT2D eigenvalue weighted by molar-refractivity contribution is -0.113. The number of nitrogens with zero attached hydrogens (tertiary/aromatic N) is 2. The van der Waals surface area contributed by atoms with Gasteiger partial charge in [0.15, 0.2) is 5.82 Å². The van der Waals surface area contributed by atoms with Crippen LogP contribution in [0.15, 0.2) is 53.6 Å². The first-order valence-corrected chi connectivity index (χ1v) is 9.93. The molecule has 1 heterocycles. The third-order valence-corrected chi connectivity index (χ3v) is 5.11. The van der Waals surface area contributed by atoms with Crippen molar-refractivity contribution in [1.82, 2.24) is 9.97 Å². The Morgan fingerprint density at radius 1 is 1.04 bits per heavy atom. The highest BCUT2D eigenvalue weighted by Gasteiger charge is 2.10. The van der Waals surface area contributed by atoms with E-state index in [-0.39, 0.29) is 11.7 Å². The standard InChI is InChI=1S/C22H23N3O2S/c1-14-5-6-15(2)19(11-14)24-20(26)13-28-21-12-16(3)23-22(25-21)17-7-9-18(27-4)10-8-17/h5-12H,13H2,1-4H3,(H,24,26). The largest absolute Gasteiger partial charge is 0.497 e. The molecule has 28 heavy (non-hydrogen) atoms. The van der Waals surface area contributed by atoms with Crippen LogP contribution in [0, 0.1) is 20.8 Å². The summed E-state index contributed by atoms with van der Waals surface area (Å²) in [6.45, 7) is 5.92. The van der Waals surface area contributed by atoms with Crippen molar-refractivity contribution in [1.29, 1.82) is 0 Å². The molecule has 0 unspecified atom stereocenters. The van der Waals surface area contributed by atoms with Gasteiger partial charge < -0.3 is 10.1 Å². The predicted molar refractivity (Wildman–Crippen MR) is 114 cm³/mol. The molecule has 0 fully saturated rings. The number of nitrogens with one attached hydrogen (secondary N) is 1. The van der Waals surface area contributed by atoms with Crippen LogP contribution in [0.25, 0.3) is 11.4 Å². The molecule has 6 heteroatoms. The molecule has 0 aliphatic carbocycles. The highest BCUT2D eigenvalue weighted by Crippen LogP contribution is 2.24. The molecular weight excluding hydrogens is 370 g/mol. The number of hydrogen-bond acceptors (Lipinski definition) is 5. The van der Waals surface area contributed by atoms with E-state index >= 15 is 0 Å². The van der Waals surface area contributed by atoms with Gasteiger partial charge in [0.05, 0.1) is 12.9 Å². The molecule has 0 saturated heterocycles. The molecule has 144 valence electrons. The maximum atomic E-state index is 12.4. The summed E-state index contributed by atoms with van der Waals surface area (Å²) in [6, 6.07) is 15.5. The fourth-order valence-electron chi connectivity index (χ4n) is 2.68. The molecule has 1 N–H and O–H groups in total. The minimum atomic E-state index is -0.0547. The number of carbonyl (C=O) groups excluding carboxylic acids is 1. The van der Waals surface area contributed by atoms with Gasteiger partial charge in [0.25, 0.3) is 0 Å². The smallest absolute Gasteiger partial charge is 0.234 e. The number of methoxy groups -OCH3 is 1. The molecule has 1 aromatic heterocycles. The number of hydrogen-bond donors (Lipinski definition) is 1. The number of anilines is 1. The molecule has 0 radical (unpaired) electrons. The van der Waals surface area contributed by atoms with Crippen LogP contribution in [-0.2, 0) is 4.79 Å². The summed E-state index contributed by atoms with van der Waals surface area (Å²) in [5.74, 6) is 1.65. The van der Waals surface area contributed by atoms with Gasteiger partial charge in [0, 0.05) is 16.9 Å². The molecule has 3 aromatic rings. The van der Waals surface area contributed by atoms with Crippen LogP contribution in [0.3, 0.4) is 0 Å². The van der Waals surface area contributed by atoms with Gasteiger partial charge in [-0.15, -0.1) is 0 Å². The third-order valence-electron chi connectivity index (χ3n) is 4.20. The first kappa shape index (κ1) is 19.9. The number of aryl methyl sites for hydroxylation is 3. The van der Waals surface area contributed by atoms with Gasteiger partial charge in [-0.3, -0.25) is 4.79 Å². The van der Waals surface area contributed by atoms with Crippen LogP contribution < -0.4 is 10.1 Å². The van der Waals surface area contributed by atoms with Crippen molar-refractivity contribution in [2.24, 2.45) is 0 Å². The van der Waals surface area contributed by atoms with E-state index in [9.17, 15) is 4.79 Å². The van der Waals surface area contributed by atoms with E-state index in [0.29, 0.717) is 5.82 Å². The fourth-order valence-corrected chi connectivity index (χ4v) is 3.44. The highest BCUT2D eigenvalue weighted by atomic mass is 32.2. The molecular formula is C22H23N3O2S. The Morgan fingerprint density at radius 3 is 2.50 bits per heavy atom. The van der Waals surface area contributed by atoms with Crippen molar-refractivity contribution in [2.75, 3.05) is 18.2 Å². The highest BCUT2D eigenvalue weighted by molar-refractivity contribution is 7.99. The summed E-state index contributed by atoms with van der Waals surface area (Å²) in [7, 11) is 1.64. The van der Waals surface area contributed by atoms with Gasteiger partial charge in [-0.05, 0) is 68.3 Å². The Balaban J connectivity index is 1.69. The summed E-state index contributed by atoms with van der Waals surface area (Å²) in [6.07, 6.45) is 0. The van der Waals surface area contributed by atoms with E-state index in [1.807, 2.05) is 69.3 Å². The van der Waals surface area contributed by atoms with Crippen LogP contribution >= 0.6 is 11.8 Å². The molecule has 0 aliphatic heterocycles. The zero-order chi connectivity index (χ0) is 20.1. The van der Waals surface area contributed by atoms with Crippen LogP contribution in [0.5, 0.6) is 5.75 Å². The summed E-state index contributed by atoms with van der Waals surface area (Å²) in [4.78, 5) is 21.5. The minimum absolute atomic E-state index is 0.0547. The minimum Gasteiger partial charge on any atom is -0.497 e. The van der Waals surface area contributed by atoms with Gasteiger partial charge >= 0.3 is 0 Å². The number of thioether (sulfide) groups is 1. The van der Waals surface area contributed by atoms with Crippen molar-refractivity contribution < 1.29 is 9.53 Å². The average molecular weight is 394 g/mol. The van der Waals surface area contributed by atoms with Gasteiger partial charge in [-0.25, -0.2) is 9.97 Å². The van der Waals surface area contributed by atoms with E-state index in [2.05, 4.69) is 15.3 Å². The number of rotatable bonds is 6. The zero-order valence-corrected chi connectivity index (χ0v) is 17.3. The van der Waals surface area contributed by atoms with E-state index in [1.165, 1.54) is 11.8 Å². The summed E-state index contributed by atoms with van der Waals surface area (Å²) in [5, 5.41) is 3.75. The summed E-state index contributed by atoms with van der Waals surface area (Å²) < 4.78 is 5.19. The maximum absolute atomic E-state index is 12.4. The Labute approximate surface area is 169 Å². The van der Waals surface area contributed by atoms with Crippen molar-refractivity contribution in [3.05, 3.63) is 65.4 Å². The topological polar surface area (TPSA) is 64.1 Å². The van der Waals surface area contributed by atoms with Crippen molar-refractivity contribution in [3.8, 4) is 17.1 Å². The molecule has 0 spiro atoms. The molecule has 0 atom stereocenters. The van der Waals surface area contributed by atoms with E-state index in [0.717, 1.165) is 38.8 Å². The lowest BCUT2D eigenvalue weighted by Gasteiger charge is -2.10. The number of benzene rings is 2. The van der Waals surface area contributed by atoms with Crippen LogP contribution in [0.4, 0.5) is 5.69 Å². The van der Waals surface area contributed by atoms with E-state index in [1.54, 1.807) is 7.11 Å². The van der Waals surface area contributed by atoms with Crippen LogP contribution in [0.2, 0.25) is 0 Å². The zero-order valence-electron chi connectivity index (χ0n) is 16.4. The van der Waals surface area contributed by atoms with Gasteiger partial charge in [0.2, 0.25) is 5.91 Å². The van der Waals surface area contributed by atoms with Gasteiger partial charge in [0.1, 0.15) is 10.8 Å². The Morgan fingerprint density at radius 2 is 1.79 bits per heavy atom. The Kier molecular flexibility index (Phi) is 6.31. The molecule has 1 amide bonds. The molecule has 0 bridgehead atoms. The van der Waals surface area contributed by atoms with Crippen LogP contribution in [-0.4, -0.2) is 28.7 Å². The first-order chi connectivity index (χ1) is 13.4. The molecule has 0 aliphatic rings. The number of ether oxygens (including phenoxy) is 1. The van der Waals surface area contributed by atoms with Gasteiger partial charge in [-0.1, -0.05) is 23.9 Å². The lowest BCUT2D eigenvalue weighted by atomic mass is 10.1. The van der Waals surface area contributed by atoms with E-state index < -0.39 is 0 Å². The third kappa shape index (κ3) is 5.10.